The summed E-state index contributed by atoms with van der Waals surface area (Å²) in [6.07, 6.45) is 1.94. The molecule has 0 heterocycles. The Kier molecular flexibility index (Phi) is 5.37. The molecule has 17 heavy (non-hydrogen) atoms. The molecule has 96 valence electrons. The second-order valence-electron chi connectivity index (χ2n) is 4.21. The third kappa shape index (κ3) is 3.66. The Balaban J connectivity index is 2.68. The maximum absolute atomic E-state index is 13.0. The number of alkyl halides is 1. The summed E-state index contributed by atoms with van der Waals surface area (Å²) in [5, 5.41) is 0.830. The van der Waals surface area contributed by atoms with Gasteiger partial charge in [0, 0.05) is 16.8 Å². The van der Waals surface area contributed by atoms with E-state index in [4.69, 9.17) is 4.74 Å². The smallest absolute Gasteiger partial charge is 0.162 e. The largest absolute Gasteiger partial charge is 0.493 e. The molecule has 0 saturated carbocycles. The van der Waals surface area contributed by atoms with Gasteiger partial charge in [0.2, 0.25) is 0 Å². The van der Waals surface area contributed by atoms with Crippen molar-refractivity contribution in [2.45, 2.75) is 26.7 Å². The molecule has 1 aromatic rings. The van der Waals surface area contributed by atoms with E-state index in [0.29, 0.717) is 12.4 Å². The minimum absolute atomic E-state index is 0.0465. The van der Waals surface area contributed by atoms with Gasteiger partial charge < -0.3 is 4.74 Å². The summed E-state index contributed by atoms with van der Waals surface area (Å²) in [5.41, 5.74) is 0.0465. The summed E-state index contributed by atoms with van der Waals surface area (Å²) in [4.78, 5) is 0. The Morgan fingerprint density at radius 3 is 2.29 bits per heavy atom. The molecule has 0 aliphatic rings. The van der Waals surface area contributed by atoms with Crippen molar-refractivity contribution in [3.8, 4) is 5.75 Å². The van der Waals surface area contributed by atoms with Gasteiger partial charge in [-0.25, -0.2) is 8.78 Å². The Morgan fingerprint density at radius 1 is 1.18 bits per heavy atom. The SMILES string of the molecule is CCC(CC)(CBr)COc1ccc(F)c(F)c1. The van der Waals surface area contributed by atoms with Crippen LogP contribution in [0.25, 0.3) is 0 Å². The zero-order valence-electron chi connectivity index (χ0n) is 10.1. The molecule has 1 rings (SSSR count). The van der Waals surface area contributed by atoms with Crippen LogP contribution in [0.5, 0.6) is 5.75 Å². The van der Waals surface area contributed by atoms with E-state index >= 15 is 0 Å². The van der Waals surface area contributed by atoms with Crippen molar-refractivity contribution in [3.63, 3.8) is 0 Å². The molecule has 0 aromatic heterocycles. The summed E-state index contributed by atoms with van der Waals surface area (Å²) >= 11 is 3.48. The van der Waals surface area contributed by atoms with E-state index in [0.717, 1.165) is 30.3 Å². The molecular formula is C13H17BrF2O. The van der Waals surface area contributed by atoms with E-state index < -0.39 is 11.6 Å². The molecule has 1 aromatic carbocycles. The van der Waals surface area contributed by atoms with E-state index in [9.17, 15) is 8.78 Å². The highest BCUT2D eigenvalue weighted by molar-refractivity contribution is 9.09. The normalized spacial score (nSPS) is 11.6. The Labute approximate surface area is 109 Å². The van der Waals surface area contributed by atoms with Gasteiger partial charge in [-0.3, -0.25) is 0 Å². The van der Waals surface area contributed by atoms with Crippen LogP contribution in [0.15, 0.2) is 18.2 Å². The first kappa shape index (κ1) is 14.4. The maximum atomic E-state index is 13.0. The minimum Gasteiger partial charge on any atom is -0.493 e. The lowest BCUT2D eigenvalue weighted by Gasteiger charge is -2.29. The number of hydrogen-bond acceptors (Lipinski definition) is 1. The van der Waals surface area contributed by atoms with Crippen LogP contribution < -0.4 is 4.74 Å². The summed E-state index contributed by atoms with van der Waals surface area (Å²) in [7, 11) is 0. The third-order valence-electron chi connectivity index (χ3n) is 3.22. The van der Waals surface area contributed by atoms with Crippen LogP contribution in [0.1, 0.15) is 26.7 Å². The highest BCUT2D eigenvalue weighted by Gasteiger charge is 2.25. The molecule has 4 heteroatoms. The number of halogens is 3. The lowest BCUT2D eigenvalue weighted by atomic mass is 9.86. The quantitative estimate of drug-likeness (QED) is 0.701. The zero-order chi connectivity index (χ0) is 12.9. The molecule has 0 atom stereocenters. The van der Waals surface area contributed by atoms with Crippen molar-refractivity contribution in [3.05, 3.63) is 29.8 Å². The average molecular weight is 307 g/mol. The van der Waals surface area contributed by atoms with Gasteiger partial charge in [0.05, 0.1) is 6.61 Å². The number of benzene rings is 1. The summed E-state index contributed by atoms with van der Waals surface area (Å²) in [6, 6.07) is 3.61. The van der Waals surface area contributed by atoms with E-state index in [1.165, 1.54) is 6.07 Å². The van der Waals surface area contributed by atoms with Gasteiger partial charge in [-0.05, 0) is 25.0 Å². The second kappa shape index (κ2) is 6.34. The van der Waals surface area contributed by atoms with Crippen molar-refractivity contribution in [1.82, 2.24) is 0 Å². The van der Waals surface area contributed by atoms with Gasteiger partial charge in [-0.2, -0.15) is 0 Å². The lowest BCUT2D eigenvalue weighted by Crippen LogP contribution is -2.29. The van der Waals surface area contributed by atoms with Crippen molar-refractivity contribution in [2.75, 3.05) is 11.9 Å². The van der Waals surface area contributed by atoms with Crippen LogP contribution in [0.2, 0.25) is 0 Å². The summed E-state index contributed by atoms with van der Waals surface area (Å²) in [6.45, 7) is 4.69. The van der Waals surface area contributed by atoms with Crippen LogP contribution >= 0.6 is 15.9 Å². The molecule has 0 aliphatic heterocycles. The fourth-order valence-electron chi connectivity index (χ4n) is 1.48. The maximum Gasteiger partial charge on any atom is 0.162 e. The van der Waals surface area contributed by atoms with Crippen LogP contribution in [0, 0.1) is 17.0 Å². The molecule has 0 bridgehead atoms. The van der Waals surface area contributed by atoms with Gasteiger partial charge in [-0.15, -0.1) is 0 Å². The number of hydrogen-bond donors (Lipinski definition) is 0. The van der Waals surface area contributed by atoms with Crippen LogP contribution in [-0.2, 0) is 0 Å². The first-order valence-corrected chi connectivity index (χ1v) is 6.83. The molecule has 0 saturated heterocycles. The second-order valence-corrected chi connectivity index (χ2v) is 4.77. The van der Waals surface area contributed by atoms with Gasteiger partial charge in [-0.1, -0.05) is 29.8 Å². The van der Waals surface area contributed by atoms with Crippen molar-refractivity contribution in [1.29, 1.82) is 0 Å². The molecule has 0 fully saturated rings. The van der Waals surface area contributed by atoms with E-state index in [1.54, 1.807) is 0 Å². The first-order valence-electron chi connectivity index (χ1n) is 5.70. The van der Waals surface area contributed by atoms with E-state index in [2.05, 4.69) is 29.8 Å². The van der Waals surface area contributed by atoms with Crippen molar-refractivity contribution in [2.24, 2.45) is 5.41 Å². The molecule has 0 amide bonds. The van der Waals surface area contributed by atoms with Crippen LogP contribution in [0.3, 0.4) is 0 Å². The van der Waals surface area contributed by atoms with Crippen molar-refractivity contribution < 1.29 is 13.5 Å². The van der Waals surface area contributed by atoms with Crippen LogP contribution in [0.4, 0.5) is 8.78 Å². The summed E-state index contributed by atoms with van der Waals surface area (Å²) in [5.74, 6) is -1.36. The average Bonchev–Trinajstić information content (AvgIpc) is 2.36. The molecule has 0 radical (unpaired) electrons. The van der Waals surface area contributed by atoms with Gasteiger partial charge in [0.25, 0.3) is 0 Å². The van der Waals surface area contributed by atoms with Gasteiger partial charge in [0.1, 0.15) is 5.75 Å². The predicted molar refractivity (Wildman–Crippen MR) is 68.7 cm³/mol. The Hall–Kier alpha value is -0.640. The monoisotopic (exact) mass is 306 g/mol. The third-order valence-corrected chi connectivity index (χ3v) is 4.41. The Bertz CT molecular complexity index is 356. The summed E-state index contributed by atoms with van der Waals surface area (Å²) < 4.78 is 31.3. The topological polar surface area (TPSA) is 9.23 Å². The highest BCUT2D eigenvalue weighted by atomic mass is 79.9. The Morgan fingerprint density at radius 2 is 1.82 bits per heavy atom. The van der Waals surface area contributed by atoms with E-state index in [1.807, 2.05) is 0 Å². The highest BCUT2D eigenvalue weighted by Crippen LogP contribution is 2.30. The van der Waals surface area contributed by atoms with E-state index in [-0.39, 0.29) is 5.41 Å². The number of ether oxygens (including phenoxy) is 1. The standard InChI is InChI=1S/C13H17BrF2O/c1-3-13(4-2,8-14)9-17-10-5-6-11(15)12(16)7-10/h5-7H,3-4,8-9H2,1-2H3. The predicted octanol–water partition coefficient (Wildman–Crippen LogP) is 4.54. The van der Waals surface area contributed by atoms with Gasteiger partial charge >= 0.3 is 0 Å². The molecule has 0 unspecified atom stereocenters. The molecule has 0 spiro atoms. The zero-order valence-corrected chi connectivity index (χ0v) is 11.7. The molecule has 0 N–H and O–H groups in total. The fourth-order valence-corrected chi connectivity index (χ4v) is 2.44. The molecule has 1 nitrogen and oxygen atoms in total. The molecule has 0 aliphatic carbocycles. The number of rotatable bonds is 6. The lowest BCUT2D eigenvalue weighted by molar-refractivity contribution is 0.157. The van der Waals surface area contributed by atoms with Crippen molar-refractivity contribution >= 4 is 15.9 Å². The van der Waals surface area contributed by atoms with Gasteiger partial charge in [0.15, 0.2) is 11.6 Å². The fraction of sp³-hybridized carbons (Fsp3) is 0.538. The molecular weight excluding hydrogens is 290 g/mol. The first-order chi connectivity index (χ1) is 8.06. The van der Waals surface area contributed by atoms with Crippen LogP contribution in [-0.4, -0.2) is 11.9 Å². The minimum atomic E-state index is -0.875.